The van der Waals surface area contributed by atoms with E-state index >= 15 is 0 Å². The van der Waals surface area contributed by atoms with Crippen LogP contribution in [0, 0.1) is 0 Å². The first-order valence-corrected chi connectivity index (χ1v) is 9.60. The van der Waals surface area contributed by atoms with Crippen LogP contribution in [0.5, 0.6) is 5.75 Å². The lowest BCUT2D eigenvalue weighted by atomic mass is 10.1. The number of rotatable bonds is 4. The van der Waals surface area contributed by atoms with Crippen LogP contribution < -0.4 is 15.9 Å². The Labute approximate surface area is 124 Å². The van der Waals surface area contributed by atoms with E-state index in [1.807, 2.05) is 22.9 Å². The van der Waals surface area contributed by atoms with Gasteiger partial charge < -0.3 is 15.0 Å². The largest absolute Gasteiger partial charge is 0.494 e. The molecule has 21 heavy (non-hydrogen) atoms. The molecule has 6 heteroatoms. The monoisotopic (exact) mass is 305 g/mol. The Bertz CT molecular complexity index is 729. The molecule has 2 N–H and O–H groups in total. The Hall–Kier alpha value is -1.74. The lowest BCUT2D eigenvalue weighted by Gasteiger charge is -2.09. The molecule has 1 aromatic carbocycles. The predicted octanol–water partition coefficient (Wildman–Crippen LogP) is 2.72. The van der Waals surface area contributed by atoms with Gasteiger partial charge in [0.25, 0.3) is 0 Å². The van der Waals surface area contributed by atoms with Gasteiger partial charge in [0.05, 0.1) is 30.0 Å². The van der Waals surface area contributed by atoms with Crippen LogP contribution >= 0.6 is 7.14 Å². The summed E-state index contributed by atoms with van der Waals surface area (Å²) in [6, 6.07) is 7.89. The number of nitrogens with two attached hydrogens (primary N) is 1. The predicted molar refractivity (Wildman–Crippen MR) is 86.0 cm³/mol. The fraction of sp³-hybridized carbons (Fsp3) is 0.400. The molecule has 5 nitrogen and oxygen atoms in total. The number of anilines is 1. The quantitative estimate of drug-likeness (QED) is 0.696. The summed E-state index contributed by atoms with van der Waals surface area (Å²) in [5.41, 5.74) is 8.97. The van der Waals surface area contributed by atoms with Crippen molar-refractivity contribution in [3.8, 4) is 17.0 Å². The molecule has 3 rings (SSSR count). The van der Waals surface area contributed by atoms with Gasteiger partial charge in [-0.3, -0.25) is 4.68 Å². The number of aromatic nitrogens is 2. The zero-order valence-electron chi connectivity index (χ0n) is 12.5. The Morgan fingerprint density at radius 2 is 2.10 bits per heavy atom. The summed E-state index contributed by atoms with van der Waals surface area (Å²) in [6.07, 6.45) is 2.20. The van der Waals surface area contributed by atoms with Gasteiger partial charge in [-0.1, -0.05) is 6.07 Å². The molecule has 1 heterocycles. The number of hydrogen-bond donors (Lipinski definition) is 1. The molecule has 0 atom stereocenters. The van der Waals surface area contributed by atoms with Crippen LogP contribution in [0.3, 0.4) is 0 Å². The maximum atomic E-state index is 12.5. The summed E-state index contributed by atoms with van der Waals surface area (Å²) in [5.74, 6) is 0.617. The molecule has 0 radical (unpaired) electrons. The topological polar surface area (TPSA) is 70.1 Å². The molecule has 1 aliphatic rings. The number of nitrogen functional groups attached to an aromatic ring is 1. The van der Waals surface area contributed by atoms with Crippen molar-refractivity contribution in [3.05, 3.63) is 24.3 Å². The number of methoxy groups -OCH3 is 1. The Balaban J connectivity index is 2.16. The van der Waals surface area contributed by atoms with Crippen LogP contribution in [0.1, 0.15) is 18.9 Å². The molecule has 0 amide bonds. The summed E-state index contributed by atoms with van der Waals surface area (Å²) < 4.78 is 19.8. The molecule has 0 bridgehead atoms. The molecule has 0 aliphatic heterocycles. The van der Waals surface area contributed by atoms with E-state index in [-0.39, 0.29) is 0 Å². The third kappa shape index (κ3) is 2.58. The van der Waals surface area contributed by atoms with Crippen molar-refractivity contribution in [2.24, 2.45) is 0 Å². The molecule has 0 saturated heterocycles. The van der Waals surface area contributed by atoms with Gasteiger partial charge in [0, 0.05) is 5.56 Å². The lowest BCUT2D eigenvalue weighted by molar-refractivity contribution is 0.418. The second kappa shape index (κ2) is 4.92. The molecule has 0 spiro atoms. The van der Waals surface area contributed by atoms with Crippen molar-refractivity contribution in [1.82, 2.24) is 9.78 Å². The minimum atomic E-state index is -2.38. The minimum Gasteiger partial charge on any atom is -0.494 e. The van der Waals surface area contributed by atoms with Crippen molar-refractivity contribution >= 4 is 18.3 Å². The summed E-state index contributed by atoms with van der Waals surface area (Å²) in [4.78, 5) is 0. The molecular weight excluding hydrogens is 285 g/mol. The van der Waals surface area contributed by atoms with E-state index in [0.29, 0.717) is 17.5 Å². The van der Waals surface area contributed by atoms with Gasteiger partial charge in [-0.15, -0.1) is 0 Å². The van der Waals surface area contributed by atoms with Crippen molar-refractivity contribution < 1.29 is 9.30 Å². The standard InChI is InChI=1S/C15H20N3O2P/c1-20-15-11(5-4-6-12(15)16)13-9-14(21(2,3)19)18(17-13)10-7-8-10/h4-6,9-10H,7-8,16H2,1-3H3. The van der Waals surface area contributed by atoms with Gasteiger partial charge in [-0.25, -0.2) is 0 Å². The highest BCUT2D eigenvalue weighted by atomic mass is 31.2. The van der Waals surface area contributed by atoms with Gasteiger partial charge >= 0.3 is 0 Å². The van der Waals surface area contributed by atoms with Gasteiger partial charge in [0.1, 0.15) is 7.14 Å². The first-order chi connectivity index (χ1) is 9.91. The number of benzene rings is 1. The number of hydrogen-bond acceptors (Lipinski definition) is 4. The van der Waals surface area contributed by atoms with Crippen LogP contribution in [-0.2, 0) is 4.57 Å². The van der Waals surface area contributed by atoms with Gasteiger partial charge in [0.15, 0.2) is 5.75 Å². The normalized spacial score (nSPS) is 15.2. The van der Waals surface area contributed by atoms with Gasteiger partial charge in [-0.2, -0.15) is 5.10 Å². The number of para-hydroxylation sites is 1. The highest BCUT2D eigenvalue weighted by molar-refractivity contribution is 7.69. The van der Waals surface area contributed by atoms with E-state index in [9.17, 15) is 4.57 Å². The smallest absolute Gasteiger partial charge is 0.151 e. The summed E-state index contributed by atoms with van der Waals surface area (Å²) in [7, 11) is -0.780. The summed E-state index contributed by atoms with van der Waals surface area (Å²) in [6.45, 7) is 3.56. The fourth-order valence-electron chi connectivity index (χ4n) is 2.49. The van der Waals surface area contributed by atoms with Crippen molar-refractivity contribution in [2.75, 3.05) is 26.2 Å². The maximum Gasteiger partial charge on any atom is 0.151 e. The average molecular weight is 305 g/mol. The maximum absolute atomic E-state index is 12.5. The molecule has 1 fully saturated rings. The molecular formula is C15H20N3O2P. The van der Waals surface area contributed by atoms with Crippen LogP contribution in [-0.4, -0.2) is 30.2 Å². The Kier molecular flexibility index (Phi) is 3.33. The number of ether oxygens (including phenoxy) is 1. The summed E-state index contributed by atoms with van der Waals surface area (Å²) in [5, 5.41) is 4.67. The first kappa shape index (κ1) is 14.2. The van der Waals surface area contributed by atoms with Crippen LogP contribution in [0.25, 0.3) is 11.3 Å². The Morgan fingerprint density at radius 1 is 1.38 bits per heavy atom. The zero-order chi connectivity index (χ0) is 15.2. The van der Waals surface area contributed by atoms with Crippen LogP contribution in [0.15, 0.2) is 24.3 Å². The molecule has 0 unspecified atom stereocenters. The van der Waals surface area contributed by atoms with Crippen molar-refractivity contribution in [2.45, 2.75) is 18.9 Å². The second-order valence-corrected chi connectivity index (χ2v) is 9.00. The van der Waals surface area contributed by atoms with Crippen LogP contribution in [0.4, 0.5) is 5.69 Å². The molecule has 1 aromatic heterocycles. The lowest BCUT2D eigenvalue weighted by Crippen LogP contribution is -2.16. The van der Waals surface area contributed by atoms with E-state index < -0.39 is 7.14 Å². The van der Waals surface area contributed by atoms with E-state index in [4.69, 9.17) is 10.5 Å². The number of nitrogens with zero attached hydrogens (tertiary/aromatic N) is 2. The zero-order valence-corrected chi connectivity index (χ0v) is 13.4. The van der Waals surface area contributed by atoms with Crippen LogP contribution in [0.2, 0.25) is 0 Å². The Morgan fingerprint density at radius 3 is 2.67 bits per heavy atom. The third-order valence-electron chi connectivity index (χ3n) is 3.69. The van der Waals surface area contributed by atoms with Crippen molar-refractivity contribution in [1.29, 1.82) is 0 Å². The van der Waals surface area contributed by atoms with E-state index in [1.54, 1.807) is 26.5 Å². The van der Waals surface area contributed by atoms with E-state index in [1.165, 1.54) is 0 Å². The minimum absolute atomic E-state index is 0.383. The second-order valence-electron chi connectivity index (χ2n) is 5.84. The first-order valence-electron chi connectivity index (χ1n) is 6.99. The van der Waals surface area contributed by atoms with Crippen molar-refractivity contribution in [3.63, 3.8) is 0 Å². The molecule has 1 saturated carbocycles. The molecule has 112 valence electrons. The fourth-order valence-corrected chi connectivity index (χ4v) is 3.63. The third-order valence-corrected chi connectivity index (χ3v) is 5.12. The highest BCUT2D eigenvalue weighted by Crippen LogP contribution is 2.43. The highest BCUT2D eigenvalue weighted by Gasteiger charge is 2.31. The van der Waals surface area contributed by atoms with E-state index in [0.717, 1.165) is 29.5 Å². The average Bonchev–Trinajstić information content (AvgIpc) is 3.16. The SMILES string of the molecule is COc1c(N)cccc1-c1cc(P(C)(C)=O)n(C2CC2)n1. The van der Waals surface area contributed by atoms with Gasteiger partial charge in [-0.05, 0) is 44.4 Å². The van der Waals surface area contributed by atoms with E-state index in [2.05, 4.69) is 5.10 Å². The van der Waals surface area contributed by atoms with Gasteiger partial charge in [0.2, 0.25) is 0 Å². The summed E-state index contributed by atoms with van der Waals surface area (Å²) >= 11 is 0. The molecule has 2 aromatic rings. The molecule has 1 aliphatic carbocycles.